The van der Waals surface area contributed by atoms with Gasteiger partial charge in [0.15, 0.2) is 0 Å². The molecule has 3 aromatic rings. The standard InChI is InChI=1S/C17H16F2N4O2S/c1-12-20-8-9-23(12)16-7-6-13(11-22-16)10-21-14-4-2-3-5-15(14)26(24,25)17(18)19/h2-9,11,17,21H,10H2,1H3. The van der Waals surface area contributed by atoms with E-state index in [-0.39, 0.29) is 12.2 Å². The van der Waals surface area contributed by atoms with Crippen LogP contribution in [0.1, 0.15) is 11.4 Å². The van der Waals surface area contributed by atoms with Gasteiger partial charge in [-0.2, -0.15) is 8.78 Å². The first-order chi connectivity index (χ1) is 12.4. The van der Waals surface area contributed by atoms with Crippen LogP contribution in [-0.4, -0.2) is 28.7 Å². The fourth-order valence-corrected chi connectivity index (χ4v) is 3.34. The normalized spacial score (nSPS) is 11.7. The fraction of sp³-hybridized carbons (Fsp3) is 0.176. The molecule has 0 radical (unpaired) electrons. The molecule has 0 bridgehead atoms. The van der Waals surface area contributed by atoms with Gasteiger partial charge in [0.2, 0.25) is 9.84 Å². The zero-order valence-electron chi connectivity index (χ0n) is 13.8. The third-order valence-corrected chi connectivity index (χ3v) is 5.23. The van der Waals surface area contributed by atoms with Crippen LogP contribution >= 0.6 is 0 Å². The number of alkyl halides is 2. The molecule has 2 heterocycles. The van der Waals surface area contributed by atoms with Crippen molar-refractivity contribution in [2.45, 2.75) is 24.1 Å². The van der Waals surface area contributed by atoms with Crippen molar-refractivity contribution in [3.8, 4) is 5.82 Å². The van der Waals surface area contributed by atoms with Crippen molar-refractivity contribution in [2.24, 2.45) is 0 Å². The zero-order valence-corrected chi connectivity index (χ0v) is 14.6. The van der Waals surface area contributed by atoms with E-state index in [9.17, 15) is 17.2 Å². The number of nitrogens with zero attached hydrogens (tertiary/aromatic N) is 3. The van der Waals surface area contributed by atoms with Crippen molar-refractivity contribution in [1.82, 2.24) is 14.5 Å². The maximum Gasteiger partial charge on any atom is 0.341 e. The Kier molecular flexibility index (Phi) is 4.99. The average molecular weight is 378 g/mol. The minimum absolute atomic E-state index is 0.127. The van der Waals surface area contributed by atoms with Crippen LogP contribution in [0.2, 0.25) is 0 Å². The maximum atomic E-state index is 12.8. The van der Waals surface area contributed by atoms with E-state index in [4.69, 9.17) is 0 Å². The lowest BCUT2D eigenvalue weighted by atomic mass is 10.2. The smallest absolute Gasteiger partial charge is 0.341 e. The van der Waals surface area contributed by atoms with Gasteiger partial charge in [-0.05, 0) is 30.7 Å². The van der Waals surface area contributed by atoms with Gasteiger partial charge in [-0.1, -0.05) is 18.2 Å². The first-order valence-electron chi connectivity index (χ1n) is 7.70. The summed E-state index contributed by atoms with van der Waals surface area (Å²) < 4.78 is 51.0. The van der Waals surface area contributed by atoms with E-state index in [2.05, 4.69) is 15.3 Å². The molecule has 6 nitrogen and oxygen atoms in total. The first-order valence-corrected chi connectivity index (χ1v) is 9.24. The monoisotopic (exact) mass is 378 g/mol. The number of hydrogen-bond acceptors (Lipinski definition) is 5. The number of nitrogens with one attached hydrogen (secondary N) is 1. The molecule has 0 aliphatic heterocycles. The second kappa shape index (κ2) is 7.20. The molecule has 26 heavy (non-hydrogen) atoms. The van der Waals surface area contributed by atoms with Crippen LogP contribution in [0.25, 0.3) is 5.82 Å². The SMILES string of the molecule is Cc1nccn1-c1ccc(CNc2ccccc2S(=O)(=O)C(F)F)cn1. The summed E-state index contributed by atoms with van der Waals surface area (Å²) in [5.41, 5.74) is 0.901. The van der Waals surface area contributed by atoms with Gasteiger partial charge in [-0.25, -0.2) is 18.4 Å². The molecule has 9 heteroatoms. The van der Waals surface area contributed by atoms with Crippen LogP contribution in [0.3, 0.4) is 0 Å². The lowest BCUT2D eigenvalue weighted by Crippen LogP contribution is -2.14. The van der Waals surface area contributed by atoms with Gasteiger partial charge >= 0.3 is 5.76 Å². The molecule has 0 fully saturated rings. The number of anilines is 1. The molecule has 0 aliphatic rings. The van der Waals surface area contributed by atoms with Crippen LogP contribution in [0.15, 0.2) is 59.9 Å². The molecule has 0 saturated carbocycles. The summed E-state index contributed by atoms with van der Waals surface area (Å²) in [6, 6.07) is 9.21. The highest BCUT2D eigenvalue weighted by Gasteiger charge is 2.28. The summed E-state index contributed by atoms with van der Waals surface area (Å²) >= 11 is 0. The molecule has 0 amide bonds. The molecular formula is C17H16F2N4O2S. The number of imidazole rings is 1. The number of benzene rings is 1. The van der Waals surface area contributed by atoms with Gasteiger partial charge in [0, 0.05) is 25.1 Å². The van der Waals surface area contributed by atoms with Crippen LogP contribution < -0.4 is 5.32 Å². The summed E-state index contributed by atoms with van der Waals surface area (Å²) in [5, 5.41) is 2.88. The Bertz CT molecular complexity index is 1000. The Morgan fingerprint density at radius 1 is 1.15 bits per heavy atom. The van der Waals surface area contributed by atoms with Gasteiger partial charge in [0.1, 0.15) is 11.6 Å². The van der Waals surface area contributed by atoms with Crippen molar-refractivity contribution < 1.29 is 17.2 Å². The number of aromatic nitrogens is 3. The van der Waals surface area contributed by atoms with Crippen LogP contribution in [0.5, 0.6) is 0 Å². The van der Waals surface area contributed by atoms with Gasteiger partial charge in [-0.15, -0.1) is 0 Å². The number of halogens is 2. The lowest BCUT2D eigenvalue weighted by Gasteiger charge is -2.12. The Balaban J connectivity index is 1.77. The first kappa shape index (κ1) is 18.0. The molecule has 0 atom stereocenters. The van der Waals surface area contributed by atoms with E-state index in [1.807, 2.05) is 17.6 Å². The highest BCUT2D eigenvalue weighted by molar-refractivity contribution is 7.91. The highest BCUT2D eigenvalue weighted by atomic mass is 32.2. The summed E-state index contributed by atoms with van der Waals surface area (Å²) in [6.45, 7) is 2.10. The van der Waals surface area contributed by atoms with Crippen LogP contribution in [0.4, 0.5) is 14.5 Å². The van der Waals surface area contributed by atoms with Crippen LogP contribution in [-0.2, 0) is 16.4 Å². The van der Waals surface area contributed by atoms with Crippen molar-refractivity contribution in [3.63, 3.8) is 0 Å². The second-order valence-electron chi connectivity index (χ2n) is 5.52. The van der Waals surface area contributed by atoms with Crippen molar-refractivity contribution in [3.05, 3.63) is 66.4 Å². The quantitative estimate of drug-likeness (QED) is 0.713. The zero-order chi connectivity index (χ0) is 18.7. The Hall–Kier alpha value is -2.81. The van der Waals surface area contributed by atoms with Gasteiger partial charge in [0.05, 0.1) is 10.6 Å². The number of pyridine rings is 1. The summed E-state index contributed by atoms with van der Waals surface area (Å²) in [7, 11) is -4.67. The fourth-order valence-electron chi connectivity index (χ4n) is 2.44. The molecule has 0 saturated heterocycles. The molecule has 1 N–H and O–H groups in total. The van der Waals surface area contributed by atoms with E-state index >= 15 is 0 Å². The molecule has 2 aromatic heterocycles. The van der Waals surface area contributed by atoms with E-state index in [0.29, 0.717) is 5.82 Å². The van der Waals surface area contributed by atoms with E-state index < -0.39 is 20.5 Å². The third-order valence-electron chi connectivity index (χ3n) is 3.79. The van der Waals surface area contributed by atoms with Crippen molar-refractivity contribution >= 4 is 15.5 Å². The van der Waals surface area contributed by atoms with Crippen molar-refractivity contribution in [2.75, 3.05) is 5.32 Å². The Labute approximate surface area is 149 Å². The molecular weight excluding hydrogens is 362 g/mol. The molecule has 0 aliphatic carbocycles. The van der Waals surface area contributed by atoms with E-state index in [1.54, 1.807) is 30.7 Å². The average Bonchev–Trinajstić information content (AvgIpc) is 3.06. The van der Waals surface area contributed by atoms with Crippen molar-refractivity contribution in [1.29, 1.82) is 0 Å². The molecule has 1 aromatic carbocycles. The van der Waals surface area contributed by atoms with Gasteiger partial charge in [-0.3, -0.25) is 4.57 Å². The Morgan fingerprint density at radius 2 is 1.92 bits per heavy atom. The van der Waals surface area contributed by atoms with Gasteiger partial charge < -0.3 is 5.32 Å². The lowest BCUT2D eigenvalue weighted by molar-refractivity contribution is 0.235. The molecule has 0 spiro atoms. The number of rotatable bonds is 6. The topological polar surface area (TPSA) is 76.9 Å². The maximum absolute atomic E-state index is 12.8. The highest BCUT2D eigenvalue weighted by Crippen LogP contribution is 2.26. The number of para-hydroxylation sites is 1. The largest absolute Gasteiger partial charge is 0.380 e. The number of aryl methyl sites for hydroxylation is 1. The third kappa shape index (κ3) is 3.57. The Morgan fingerprint density at radius 3 is 2.54 bits per heavy atom. The number of hydrogen-bond donors (Lipinski definition) is 1. The molecule has 0 unspecified atom stereocenters. The minimum Gasteiger partial charge on any atom is -0.380 e. The van der Waals surface area contributed by atoms with E-state index in [0.717, 1.165) is 17.5 Å². The summed E-state index contributed by atoms with van der Waals surface area (Å²) in [5.74, 6) is -1.97. The predicted octanol–water partition coefficient (Wildman–Crippen LogP) is 3.18. The predicted molar refractivity (Wildman–Crippen MR) is 93.1 cm³/mol. The molecule has 136 valence electrons. The van der Waals surface area contributed by atoms with Crippen LogP contribution in [0, 0.1) is 6.92 Å². The summed E-state index contributed by atoms with van der Waals surface area (Å²) in [6.07, 6.45) is 5.10. The molecule has 3 rings (SSSR count). The second-order valence-corrected chi connectivity index (χ2v) is 7.41. The summed E-state index contributed by atoms with van der Waals surface area (Å²) in [4.78, 5) is 8.05. The van der Waals surface area contributed by atoms with Gasteiger partial charge in [0.25, 0.3) is 0 Å². The van der Waals surface area contributed by atoms with E-state index in [1.165, 1.54) is 12.1 Å². The minimum atomic E-state index is -4.67. The number of sulfone groups is 1.